The average molecular weight is 296 g/mol. The van der Waals surface area contributed by atoms with Crippen LogP contribution in [-0.2, 0) is 21.2 Å². The van der Waals surface area contributed by atoms with Crippen molar-refractivity contribution in [3.63, 3.8) is 0 Å². The van der Waals surface area contributed by atoms with Gasteiger partial charge >= 0.3 is 0 Å². The van der Waals surface area contributed by atoms with E-state index in [2.05, 4.69) is 4.72 Å². The van der Waals surface area contributed by atoms with E-state index in [1.165, 1.54) is 0 Å². The number of nitrogens with two attached hydrogens (primary N) is 1. The molecule has 1 aromatic rings. The molecule has 0 heterocycles. The third kappa shape index (κ3) is 3.19. The third-order valence-electron chi connectivity index (χ3n) is 3.83. The highest BCUT2D eigenvalue weighted by Crippen LogP contribution is 2.26. The van der Waals surface area contributed by atoms with E-state index >= 15 is 0 Å². The Bertz CT molecular complexity index is 581. The molecule has 0 aliphatic heterocycles. The van der Waals surface area contributed by atoms with E-state index in [9.17, 15) is 13.2 Å². The molecule has 5 nitrogen and oxygen atoms in total. The summed E-state index contributed by atoms with van der Waals surface area (Å²) in [6.07, 6.45) is 2.98. The van der Waals surface area contributed by atoms with Gasteiger partial charge in [0.25, 0.3) is 0 Å². The minimum absolute atomic E-state index is 0.227. The number of benzene rings is 1. The van der Waals surface area contributed by atoms with Gasteiger partial charge in [0.1, 0.15) is 0 Å². The lowest BCUT2D eigenvalue weighted by atomic mass is 10.0. The summed E-state index contributed by atoms with van der Waals surface area (Å²) >= 11 is 0. The number of amides is 1. The van der Waals surface area contributed by atoms with Crippen molar-refractivity contribution < 1.29 is 13.2 Å². The first-order valence-electron chi connectivity index (χ1n) is 6.84. The molecule has 20 heavy (non-hydrogen) atoms. The highest BCUT2D eigenvalue weighted by Gasteiger charge is 2.34. The lowest BCUT2D eigenvalue weighted by molar-refractivity contribution is -0.122. The van der Waals surface area contributed by atoms with Crippen LogP contribution in [0.4, 0.5) is 0 Å². The zero-order valence-corrected chi connectivity index (χ0v) is 12.3. The van der Waals surface area contributed by atoms with Gasteiger partial charge in [0.05, 0.1) is 10.8 Å². The number of sulfonamides is 1. The molecule has 110 valence electrons. The second kappa shape index (κ2) is 5.93. The number of hydrogen-bond donors (Lipinski definition) is 2. The van der Waals surface area contributed by atoms with E-state index in [0.717, 1.165) is 18.4 Å². The molecule has 2 unspecified atom stereocenters. The lowest BCUT2D eigenvalue weighted by Crippen LogP contribution is -2.42. The zero-order valence-electron chi connectivity index (χ0n) is 11.5. The quantitative estimate of drug-likeness (QED) is 0.855. The molecule has 1 aliphatic rings. The first kappa shape index (κ1) is 15.0. The molecule has 1 aliphatic carbocycles. The molecule has 6 heteroatoms. The zero-order chi connectivity index (χ0) is 14.8. The van der Waals surface area contributed by atoms with Crippen LogP contribution in [0, 0.1) is 5.92 Å². The smallest absolute Gasteiger partial charge is 0.240 e. The van der Waals surface area contributed by atoms with Crippen molar-refractivity contribution in [1.82, 2.24) is 4.72 Å². The van der Waals surface area contributed by atoms with Gasteiger partial charge in [-0.3, -0.25) is 4.79 Å². The van der Waals surface area contributed by atoms with Crippen LogP contribution in [0.1, 0.15) is 31.7 Å². The predicted molar refractivity (Wildman–Crippen MR) is 76.5 cm³/mol. The Balaban J connectivity index is 2.16. The summed E-state index contributed by atoms with van der Waals surface area (Å²) in [5.74, 6) is -0.837. The van der Waals surface area contributed by atoms with Gasteiger partial charge in [0.2, 0.25) is 15.9 Å². The number of aryl methyl sites for hydroxylation is 1. The monoisotopic (exact) mass is 296 g/mol. The van der Waals surface area contributed by atoms with E-state index in [1.54, 1.807) is 24.3 Å². The number of carbonyl (C=O) groups is 1. The fourth-order valence-electron chi connectivity index (χ4n) is 2.61. The molecule has 3 N–H and O–H groups in total. The Morgan fingerprint density at radius 2 is 1.95 bits per heavy atom. The molecule has 1 fully saturated rings. The number of carbonyl (C=O) groups excluding carboxylic acids is 1. The topological polar surface area (TPSA) is 89.3 Å². The van der Waals surface area contributed by atoms with Crippen LogP contribution in [-0.4, -0.2) is 20.4 Å². The van der Waals surface area contributed by atoms with Gasteiger partial charge in [-0.2, -0.15) is 0 Å². The Morgan fingerprint density at radius 1 is 1.30 bits per heavy atom. The van der Waals surface area contributed by atoms with Crippen LogP contribution < -0.4 is 10.5 Å². The van der Waals surface area contributed by atoms with Crippen LogP contribution in [0.15, 0.2) is 29.2 Å². The van der Waals surface area contributed by atoms with Crippen molar-refractivity contribution in [3.05, 3.63) is 29.8 Å². The molecule has 2 atom stereocenters. The minimum Gasteiger partial charge on any atom is -0.369 e. The van der Waals surface area contributed by atoms with Gasteiger partial charge < -0.3 is 5.73 Å². The predicted octanol–water partition coefficient (Wildman–Crippen LogP) is 1.18. The van der Waals surface area contributed by atoms with E-state index in [1.807, 2.05) is 6.92 Å². The summed E-state index contributed by atoms with van der Waals surface area (Å²) < 4.78 is 27.2. The highest BCUT2D eigenvalue weighted by molar-refractivity contribution is 7.89. The maximum Gasteiger partial charge on any atom is 0.240 e. The van der Waals surface area contributed by atoms with Crippen molar-refractivity contribution >= 4 is 15.9 Å². The Labute approximate surface area is 119 Å². The summed E-state index contributed by atoms with van der Waals surface area (Å²) in [7, 11) is -3.59. The van der Waals surface area contributed by atoms with Crippen molar-refractivity contribution in [2.24, 2.45) is 11.7 Å². The van der Waals surface area contributed by atoms with E-state index in [4.69, 9.17) is 5.73 Å². The molecular weight excluding hydrogens is 276 g/mol. The molecule has 2 rings (SSSR count). The van der Waals surface area contributed by atoms with Gasteiger partial charge in [-0.05, 0) is 37.0 Å². The third-order valence-corrected chi connectivity index (χ3v) is 5.34. The molecule has 0 bridgehead atoms. The largest absolute Gasteiger partial charge is 0.369 e. The van der Waals surface area contributed by atoms with Crippen LogP contribution in [0.5, 0.6) is 0 Å². The number of rotatable bonds is 5. The molecule has 1 amide bonds. The van der Waals surface area contributed by atoms with Crippen LogP contribution >= 0.6 is 0 Å². The first-order chi connectivity index (χ1) is 9.44. The van der Waals surface area contributed by atoms with Crippen LogP contribution in [0.2, 0.25) is 0 Å². The van der Waals surface area contributed by atoms with Crippen molar-refractivity contribution in [2.75, 3.05) is 0 Å². The second-order valence-corrected chi connectivity index (χ2v) is 6.88. The Morgan fingerprint density at radius 3 is 2.50 bits per heavy atom. The van der Waals surface area contributed by atoms with Crippen molar-refractivity contribution in [2.45, 2.75) is 43.5 Å². The summed E-state index contributed by atoms with van der Waals surface area (Å²) in [6.45, 7) is 2.01. The highest BCUT2D eigenvalue weighted by atomic mass is 32.2. The average Bonchev–Trinajstić information content (AvgIpc) is 2.86. The van der Waals surface area contributed by atoms with Crippen molar-refractivity contribution in [1.29, 1.82) is 0 Å². The van der Waals surface area contributed by atoms with E-state index in [-0.39, 0.29) is 10.9 Å². The van der Waals surface area contributed by atoms with Gasteiger partial charge in [0.15, 0.2) is 0 Å². The Kier molecular flexibility index (Phi) is 4.45. The minimum atomic E-state index is -3.59. The maximum absolute atomic E-state index is 12.3. The Hall–Kier alpha value is -1.40. The van der Waals surface area contributed by atoms with Crippen LogP contribution in [0.25, 0.3) is 0 Å². The van der Waals surface area contributed by atoms with Gasteiger partial charge in [-0.15, -0.1) is 0 Å². The molecule has 0 radical (unpaired) electrons. The second-order valence-electron chi connectivity index (χ2n) is 5.17. The molecule has 1 saturated carbocycles. The van der Waals surface area contributed by atoms with Crippen LogP contribution in [0.3, 0.4) is 0 Å². The number of nitrogens with one attached hydrogen (secondary N) is 1. The van der Waals surface area contributed by atoms with Gasteiger partial charge in [0, 0.05) is 6.04 Å². The first-order valence-corrected chi connectivity index (χ1v) is 8.33. The fourth-order valence-corrected chi connectivity index (χ4v) is 3.92. The standard InChI is InChI=1S/C14H20N2O3S/c1-2-10-6-8-11(9-7-10)20(18,19)16-13-5-3-4-12(13)14(15)17/h6-9,12-13,16H,2-5H2,1H3,(H2,15,17). The molecule has 0 saturated heterocycles. The normalized spacial score (nSPS) is 22.9. The van der Waals surface area contributed by atoms with E-state index < -0.39 is 21.8 Å². The van der Waals surface area contributed by atoms with Gasteiger partial charge in [-0.1, -0.05) is 25.5 Å². The number of hydrogen-bond acceptors (Lipinski definition) is 3. The van der Waals surface area contributed by atoms with Crippen molar-refractivity contribution in [3.8, 4) is 0 Å². The molecule has 0 aromatic heterocycles. The lowest BCUT2D eigenvalue weighted by Gasteiger charge is -2.18. The maximum atomic E-state index is 12.3. The summed E-state index contributed by atoms with van der Waals surface area (Å²) in [6, 6.07) is 6.40. The fraction of sp³-hybridized carbons (Fsp3) is 0.500. The van der Waals surface area contributed by atoms with E-state index in [0.29, 0.717) is 12.8 Å². The summed E-state index contributed by atoms with van der Waals surface area (Å²) in [5.41, 5.74) is 6.39. The molecular formula is C14H20N2O3S. The summed E-state index contributed by atoms with van der Waals surface area (Å²) in [4.78, 5) is 11.5. The molecule has 1 aromatic carbocycles. The SMILES string of the molecule is CCc1ccc(S(=O)(=O)NC2CCCC2C(N)=O)cc1. The summed E-state index contributed by atoms with van der Waals surface area (Å²) in [5, 5.41) is 0. The van der Waals surface area contributed by atoms with Gasteiger partial charge in [-0.25, -0.2) is 13.1 Å². The number of primary amides is 1. The molecule has 0 spiro atoms.